The highest BCUT2D eigenvalue weighted by Crippen LogP contribution is 2.37. The quantitative estimate of drug-likeness (QED) is 0.260. The number of halogens is 3. The monoisotopic (exact) mass is 557 g/mol. The van der Waals surface area contributed by atoms with Crippen LogP contribution in [0.5, 0.6) is 5.75 Å². The molecule has 2 aromatic carbocycles. The Morgan fingerprint density at radius 1 is 1.13 bits per heavy atom. The van der Waals surface area contributed by atoms with E-state index in [4.69, 9.17) is 16.3 Å². The molecule has 2 heterocycles. The van der Waals surface area contributed by atoms with Crippen LogP contribution in [0.25, 0.3) is 21.2 Å². The Morgan fingerprint density at radius 2 is 1.92 bits per heavy atom. The highest BCUT2D eigenvalue weighted by Gasteiger charge is 2.20. The summed E-state index contributed by atoms with van der Waals surface area (Å²) in [6.45, 7) is 0.121. The molecule has 5 rings (SSSR count). The SMILES string of the molecule is CNC1CCCCC1.COc1ccc(-c2ccncc2F)cc1CNC(=O)c1sc2cccc(F)c2c1Cl. The average molecular weight is 558 g/mol. The predicted molar refractivity (Wildman–Crippen MR) is 150 cm³/mol. The van der Waals surface area contributed by atoms with Crippen molar-refractivity contribution in [2.24, 2.45) is 0 Å². The van der Waals surface area contributed by atoms with Crippen LogP contribution in [0, 0.1) is 11.6 Å². The minimum Gasteiger partial charge on any atom is -0.496 e. The molecule has 38 heavy (non-hydrogen) atoms. The maximum Gasteiger partial charge on any atom is 0.263 e. The van der Waals surface area contributed by atoms with Crippen LogP contribution in [0.1, 0.15) is 47.3 Å². The number of nitrogens with one attached hydrogen (secondary N) is 2. The fraction of sp³-hybridized carbons (Fsp3) is 0.310. The molecule has 1 aliphatic carbocycles. The van der Waals surface area contributed by atoms with Crippen molar-refractivity contribution in [3.63, 3.8) is 0 Å². The van der Waals surface area contributed by atoms with E-state index in [9.17, 15) is 13.6 Å². The molecular weight excluding hydrogens is 528 g/mol. The van der Waals surface area contributed by atoms with Gasteiger partial charge in [-0.25, -0.2) is 8.78 Å². The Labute approximate surface area is 230 Å². The molecular formula is C29H30ClF2N3O2S. The van der Waals surface area contributed by atoms with Crippen LogP contribution in [-0.2, 0) is 6.54 Å². The highest BCUT2D eigenvalue weighted by molar-refractivity contribution is 7.21. The van der Waals surface area contributed by atoms with E-state index in [1.165, 1.54) is 51.5 Å². The largest absolute Gasteiger partial charge is 0.496 e. The zero-order chi connectivity index (χ0) is 27.1. The van der Waals surface area contributed by atoms with Gasteiger partial charge in [0.05, 0.1) is 18.3 Å². The third kappa shape index (κ3) is 6.49. The van der Waals surface area contributed by atoms with Crippen molar-refractivity contribution >= 4 is 38.9 Å². The summed E-state index contributed by atoms with van der Waals surface area (Å²) in [5.74, 6) is -0.802. The summed E-state index contributed by atoms with van der Waals surface area (Å²) in [5, 5.41) is 6.41. The number of ether oxygens (including phenoxy) is 1. The molecule has 4 aromatic rings. The fourth-order valence-corrected chi connectivity index (χ4v) is 6.03. The minimum absolute atomic E-state index is 0.0881. The third-order valence-electron chi connectivity index (χ3n) is 6.63. The van der Waals surface area contributed by atoms with E-state index < -0.39 is 17.5 Å². The molecule has 0 radical (unpaired) electrons. The second kappa shape index (κ2) is 13.1. The molecule has 0 spiro atoms. The molecule has 1 amide bonds. The maximum atomic E-state index is 14.1. The van der Waals surface area contributed by atoms with Crippen LogP contribution in [0.2, 0.25) is 5.02 Å². The van der Waals surface area contributed by atoms with Gasteiger partial charge in [-0.2, -0.15) is 0 Å². The first-order chi connectivity index (χ1) is 18.4. The first kappa shape index (κ1) is 28.0. The third-order valence-corrected chi connectivity index (χ3v) is 8.27. The summed E-state index contributed by atoms with van der Waals surface area (Å²) in [6, 6.07) is 12.2. The number of hydrogen-bond acceptors (Lipinski definition) is 5. The van der Waals surface area contributed by atoms with Crippen molar-refractivity contribution < 1.29 is 18.3 Å². The molecule has 0 bridgehead atoms. The van der Waals surface area contributed by atoms with Crippen molar-refractivity contribution in [3.05, 3.63) is 82.0 Å². The zero-order valence-electron chi connectivity index (χ0n) is 21.3. The lowest BCUT2D eigenvalue weighted by atomic mass is 9.96. The molecule has 0 unspecified atom stereocenters. The molecule has 0 aliphatic heterocycles. The average Bonchev–Trinajstić information content (AvgIpc) is 3.30. The molecule has 1 fully saturated rings. The van der Waals surface area contributed by atoms with E-state index in [1.807, 2.05) is 0 Å². The van der Waals surface area contributed by atoms with Crippen LogP contribution in [0.4, 0.5) is 8.78 Å². The van der Waals surface area contributed by atoms with Gasteiger partial charge in [0.1, 0.15) is 22.3 Å². The van der Waals surface area contributed by atoms with Crippen LogP contribution in [0.15, 0.2) is 54.9 Å². The summed E-state index contributed by atoms with van der Waals surface area (Å²) in [5.41, 5.74) is 1.67. The standard InChI is InChI=1S/C22H15ClF2N2O2S.C7H15N/c1-29-17-6-5-12(14-7-8-26-11-16(14)25)9-13(17)10-27-22(28)21-20(23)19-15(24)3-2-4-18(19)30-21;1-8-7-5-3-2-4-6-7/h2-9,11H,10H2,1H3,(H,27,28);7-8H,2-6H2,1H3. The Hall–Kier alpha value is -3.07. The molecule has 5 nitrogen and oxygen atoms in total. The van der Waals surface area contributed by atoms with Crippen molar-refractivity contribution in [1.29, 1.82) is 0 Å². The highest BCUT2D eigenvalue weighted by atomic mass is 35.5. The molecule has 0 atom stereocenters. The summed E-state index contributed by atoms with van der Waals surface area (Å²) in [7, 11) is 3.58. The van der Waals surface area contributed by atoms with E-state index in [2.05, 4.69) is 22.7 Å². The molecule has 200 valence electrons. The number of pyridine rings is 1. The van der Waals surface area contributed by atoms with Gasteiger partial charge in [-0.05, 0) is 55.8 Å². The second-order valence-electron chi connectivity index (χ2n) is 9.05. The van der Waals surface area contributed by atoms with Gasteiger partial charge in [-0.1, -0.05) is 43.0 Å². The topological polar surface area (TPSA) is 63.2 Å². The molecule has 1 saturated carbocycles. The Morgan fingerprint density at radius 3 is 2.58 bits per heavy atom. The number of amides is 1. The lowest BCUT2D eigenvalue weighted by molar-refractivity contribution is 0.0955. The molecule has 1 aliphatic rings. The van der Waals surface area contributed by atoms with Gasteiger partial charge < -0.3 is 15.4 Å². The van der Waals surface area contributed by atoms with Crippen molar-refractivity contribution in [3.8, 4) is 16.9 Å². The van der Waals surface area contributed by atoms with E-state index in [1.54, 1.807) is 36.4 Å². The van der Waals surface area contributed by atoms with Gasteiger partial charge in [0, 0.05) is 40.0 Å². The summed E-state index contributed by atoms with van der Waals surface area (Å²) < 4.78 is 34.1. The number of benzene rings is 2. The van der Waals surface area contributed by atoms with Crippen molar-refractivity contribution in [2.75, 3.05) is 14.2 Å². The summed E-state index contributed by atoms with van der Waals surface area (Å²) in [6.07, 6.45) is 9.78. The second-order valence-corrected chi connectivity index (χ2v) is 10.5. The summed E-state index contributed by atoms with van der Waals surface area (Å²) >= 11 is 7.38. The number of fused-ring (bicyclic) bond motifs is 1. The van der Waals surface area contributed by atoms with Gasteiger partial charge in [0.15, 0.2) is 0 Å². The smallest absolute Gasteiger partial charge is 0.263 e. The lowest BCUT2D eigenvalue weighted by Crippen LogP contribution is -2.26. The number of rotatable bonds is 6. The Balaban J connectivity index is 0.000000360. The number of aromatic nitrogens is 1. The van der Waals surface area contributed by atoms with Crippen molar-refractivity contribution in [2.45, 2.75) is 44.7 Å². The molecule has 0 saturated heterocycles. The number of hydrogen-bond donors (Lipinski definition) is 2. The predicted octanol–water partition coefficient (Wildman–Crippen LogP) is 7.37. The number of thiophene rings is 1. The minimum atomic E-state index is -0.471. The number of carbonyl (C=O) groups is 1. The van der Waals surface area contributed by atoms with Gasteiger partial charge >= 0.3 is 0 Å². The van der Waals surface area contributed by atoms with Gasteiger partial charge in [-0.3, -0.25) is 9.78 Å². The Bertz CT molecular complexity index is 1410. The molecule has 9 heteroatoms. The molecule has 2 N–H and O–H groups in total. The van der Waals surface area contributed by atoms with Gasteiger partial charge in [0.2, 0.25) is 0 Å². The first-order valence-electron chi connectivity index (χ1n) is 12.5. The van der Waals surface area contributed by atoms with E-state index in [0.29, 0.717) is 27.1 Å². The number of carbonyl (C=O) groups excluding carboxylic acids is 1. The van der Waals surface area contributed by atoms with Crippen LogP contribution >= 0.6 is 22.9 Å². The number of nitrogens with zero attached hydrogens (tertiary/aromatic N) is 1. The number of methoxy groups -OCH3 is 1. The normalized spacial score (nSPS) is 13.6. The maximum absolute atomic E-state index is 14.1. The van der Waals surface area contributed by atoms with Gasteiger partial charge in [0.25, 0.3) is 5.91 Å². The van der Waals surface area contributed by atoms with E-state index >= 15 is 0 Å². The first-order valence-corrected chi connectivity index (χ1v) is 13.7. The van der Waals surface area contributed by atoms with Crippen molar-refractivity contribution in [1.82, 2.24) is 15.6 Å². The van der Waals surface area contributed by atoms with E-state index in [-0.39, 0.29) is 21.8 Å². The Kier molecular flexibility index (Phi) is 9.66. The zero-order valence-corrected chi connectivity index (χ0v) is 22.9. The van der Waals surface area contributed by atoms with Crippen LogP contribution in [-0.4, -0.2) is 31.1 Å². The molecule has 2 aromatic heterocycles. The van der Waals surface area contributed by atoms with Gasteiger partial charge in [-0.15, -0.1) is 11.3 Å². The lowest BCUT2D eigenvalue weighted by Gasteiger charge is -2.20. The van der Waals surface area contributed by atoms with Crippen LogP contribution < -0.4 is 15.4 Å². The summed E-state index contributed by atoms with van der Waals surface area (Å²) in [4.78, 5) is 16.7. The fourth-order valence-electron chi connectivity index (χ4n) is 4.56. The van der Waals surface area contributed by atoms with Crippen LogP contribution in [0.3, 0.4) is 0 Å². The van der Waals surface area contributed by atoms with E-state index in [0.717, 1.165) is 23.6 Å².